The predicted octanol–water partition coefficient (Wildman–Crippen LogP) is 3.38. The number of hydrogen-bond acceptors (Lipinski definition) is 5. The lowest BCUT2D eigenvalue weighted by Crippen LogP contribution is -2.49. The Kier molecular flexibility index (Phi) is 5.77. The smallest absolute Gasteiger partial charge is 0.410 e. The average molecular weight is 375 g/mol. The number of benzene rings is 1. The zero-order chi connectivity index (χ0) is 19.4. The molecule has 2 saturated heterocycles. The summed E-state index contributed by atoms with van der Waals surface area (Å²) in [6, 6.07) is 11.1. The summed E-state index contributed by atoms with van der Waals surface area (Å²) in [5.41, 5.74) is 0.710. The quantitative estimate of drug-likeness (QED) is 0.758. The molecule has 1 atom stereocenters. The van der Waals surface area contributed by atoms with Gasteiger partial charge in [-0.05, 0) is 44.3 Å². The largest absolute Gasteiger partial charge is 0.460 e. The van der Waals surface area contributed by atoms with E-state index in [0.717, 1.165) is 12.8 Å². The van der Waals surface area contributed by atoms with E-state index in [-0.39, 0.29) is 18.2 Å². The topological polar surface area (TPSA) is 63.6 Å². The molecule has 0 aromatic heterocycles. The number of amidine groups is 1. The van der Waals surface area contributed by atoms with Crippen molar-refractivity contribution in [3.63, 3.8) is 0 Å². The Hall–Kier alpha value is -2.44. The SMILES string of the molecule is CON=C1OCC(c2ccccc2)N1C1CCN(C(=O)OC(C)(C)C)CC1. The van der Waals surface area contributed by atoms with Crippen LogP contribution in [-0.2, 0) is 14.3 Å². The van der Waals surface area contributed by atoms with Gasteiger partial charge in [-0.1, -0.05) is 30.3 Å². The van der Waals surface area contributed by atoms with Crippen LogP contribution in [-0.4, -0.2) is 60.4 Å². The van der Waals surface area contributed by atoms with Gasteiger partial charge in [-0.3, -0.25) is 0 Å². The van der Waals surface area contributed by atoms with Crippen molar-refractivity contribution >= 4 is 12.1 Å². The summed E-state index contributed by atoms with van der Waals surface area (Å²) in [5.74, 6) is 0. The Bertz CT molecular complexity index is 664. The van der Waals surface area contributed by atoms with Crippen molar-refractivity contribution in [2.24, 2.45) is 5.16 Å². The van der Waals surface area contributed by atoms with Gasteiger partial charge in [0.1, 0.15) is 19.3 Å². The highest BCUT2D eigenvalue weighted by Gasteiger charge is 2.40. The number of carbonyl (C=O) groups excluding carboxylic acids is 1. The Morgan fingerprint density at radius 2 is 1.85 bits per heavy atom. The van der Waals surface area contributed by atoms with Gasteiger partial charge in [0.25, 0.3) is 0 Å². The molecule has 1 amide bonds. The van der Waals surface area contributed by atoms with Crippen molar-refractivity contribution in [2.75, 3.05) is 26.8 Å². The van der Waals surface area contributed by atoms with Gasteiger partial charge in [0.2, 0.25) is 0 Å². The molecule has 1 aromatic carbocycles. The monoisotopic (exact) mass is 375 g/mol. The van der Waals surface area contributed by atoms with Crippen molar-refractivity contribution in [3.05, 3.63) is 35.9 Å². The second-order valence-corrected chi connectivity index (χ2v) is 7.90. The van der Waals surface area contributed by atoms with Gasteiger partial charge in [-0.25, -0.2) is 4.79 Å². The van der Waals surface area contributed by atoms with Gasteiger partial charge in [0.15, 0.2) is 0 Å². The van der Waals surface area contributed by atoms with E-state index in [4.69, 9.17) is 14.3 Å². The van der Waals surface area contributed by atoms with E-state index >= 15 is 0 Å². The van der Waals surface area contributed by atoms with E-state index < -0.39 is 5.60 Å². The van der Waals surface area contributed by atoms with Crippen LogP contribution in [0.25, 0.3) is 0 Å². The van der Waals surface area contributed by atoms with E-state index in [1.165, 1.54) is 12.7 Å². The molecule has 2 aliphatic heterocycles. The summed E-state index contributed by atoms with van der Waals surface area (Å²) < 4.78 is 11.3. The molecule has 0 saturated carbocycles. The molecule has 2 aliphatic rings. The molecule has 0 aliphatic carbocycles. The van der Waals surface area contributed by atoms with Gasteiger partial charge in [0.05, 0.1) is 6.04 Å². The number of rotatable bonds is 3. The molecule has 0 bridgehead atoms. The van der Waals surface area contributed by atoms with Crippen LogP contribution in [0.2, 0.25) is 0 Å². The second-order valence-electron chi connectivity index (χ2n) is 7.90. The van der Waals surface area contributed by atoms with Crippen LogP contribution in [0.5, 0.6) is 0 Å². The molecule has 0 N–H and O–H groups in total. The molecule has 0 spiro atoms. The first-order valence-electron chi connectivity index (χ1n) is 9.44. The first kappa shape index (κ1) is 19.3. The number of hydrogen-bond donors (Lipinski definition) is 0. The molecule has 7 nitrogen and oxygen atoms in total. The Morgan fingerprint density at radius 3 is 2.44 bits per heavy atom. The fourth-order valence-electron chi connectivity index (χ4n) is 3.59. The predicted molar refractivity (Wildman–Crippen MR) is 102 cm³/mol. The van der Waals surface area contributed by atoms with Crippen molar-refractivity contribution in [1.82, 2.24) is 9.80 Å². The van der Waals surface area contributed by atoms with E-state index in [1.807, 2.05) is 39.0 Å². The average Bonchev–Trinajstić information content (AvgIpc) is 3.05. The molecule has 2 fully saturated rings. The van der Waals surface area contributed by atoms with Crippen molar-refractivity contribution < 1.29 is 19.1 Å². The van der Waals surface area contributed by atoms with Crippen LogP contribution < -0.4 is 0 Å². The van der Waals surface area contributed by atoms with Gasteiger partial charge >= 0.3 is 12.1 Å². The van der Waals surface area contributed by atoms with Crippen molar-refractivity contribution in [3.8, 4) is 0 Å². The molecular weight excluding hydrogens is 346 g/mol. The summed E-state index contributed by atoms with van der Waals surface area (Å²) in [7, 11) is 1.52. The number of oxime groups is 1. The summed E-state index contributed by atoms with van der Waals surface area (Å²) in [6.07, 6.45) is 1.41. The standard InChI is InChI=1S/C20H29N3O4/c1-20(2,3)27-19(24)22-12-10-16(11-13-22)23-17(14-26-18(23)21-25-4)15-8-6-5-7-9-15/h5-9,16-17H,10-14H2,1-4H3. The first-order chi connectivity index (χ1) is 12.9. The fraction of sp³-hybridized carbons (Fsp3) is 0.600. The van der Waals surface area contributed by atoms with Crippen LogP contribution in [0.4, 0.5) is 4.79 Å². The summed E-state index contributed by atoms with van der Waals surface area (Å²) >= 11 is 0. The minimum absolute atomic E-state index is 0.0955. The van der Waals surface area contributed by atoms with Crippen LogP contribution in [0.15, 0.2) is 35.5 Å². The van der Waals surface area contributed by atoms with Gasteiger partial charge in [-0.2, -0.15) is 0 Å². The summed E-state index contributed by atoms with van der Waals surface area (Å²) in [6.45, 7) is 7.50. The van der Waals surface area contributed by atoms with E-state index in [2.05, 4.69) is 22.2 Å². The minimum Gasteiger partial charge on any atom is -0.460 e. The van der Waals surface area contributed by atoms with Crippen molar-refractivity contribution in [2.45, 2.75) is 51.3 Å². The Balaban J connectivity index is 1.70. The van der Waals surface area contributed by atoms with E-state index in [0.29, 0.717) is 25.7 Å². The fourth-order valence-corrected chi connectivity index (χ4v) is 3.59. The van der Waals surface area contributed by atoms with Gasteiger partial charge in [0, 0.05) is 19.1 Å². The maximum Gasteiger partial charge on any atom is 0.410 e. The molecule has 1 unspecified atom stereocenters. The van der Waals surface area contributed by atoms with Crippen LogP contribution in [0.3, 0.4) is 0 Å². The number of nitrogens with zero attached hydrogens (tertiary/aromatic N) is 3. The highest BCUT2D eigenvalue weighted by molar-refractivity contribution is 5.76. The Labute approximate surface area is 160 Å². The molecule has 2 heterocycles. The molecular formula is C20H29N3O4. The molecule has 3 rings (SSSR count). The number of amides is 1. The summed E-state index contributed by atoms with van der Waals surface area (Å²) in [4.78, 5) is 21.3. The highest BCUT2D eigenvalue weighted by Crippen LogP contribution is 2.33. The van der Waals surface area contributed by atoms with Crippen molar-refractivity contribution in [1.29, 1.82) is 0 Å². The molecule has 0 radical (unpaired) electrons. The second kappa shape index (κ2) is 8.06. The molecule has 7 heteroatoms. The number of ether oxygens (including phenoxy) is 2. The molecule has 27 heavy (non-hydrogen) atoms. The van der Waals surface area contributed by atoms with Crippen LogP contribution >= 0.6 is 0 Å². The van der Waals surface area contributed by atoms with Gasteiger partial charge in [-0.15, -0.1) is 0 Å². The zero-order valence-electron chi connectivity index (χ0n) is 16.6. The maximum absolute atomic E-state index is 12.3. The van der Waals surface area contributed by atoms with E-state index in [1.54, 1.807) is 4.90 Å². The maximum atomic E-state index is 12.3. The Morgan fingerprint density at radius 1 is 1.19 bits per heavy atom. The highest BCUT2D eigenvalue weighted by atomic mass is 16.6. The third-order valence-corrected chi connectivity index (χ3v) is 4.79. The normalized spacial score (nSPS) is 22.7. The number of piperidine rings is 1. The lowest BCUT2D eigenvalue weighted by atomic mass is 9.99. The van der Waals surface area contributed by atoms with Gasteiger partial charge < -0.3 is 24.1 Å². The lowest BCUT2D eigenvalue weighted by Gasteiger charge is -2.39. The lowest BCUT2D eigenvalue weighted by molar-refractivity contribution is 0.0164. The zero-order valence-corrected chi connectivity index (χ0v) is 16.6. The van der Waals surface area contributed by atoms with Crippen LogP contribution in [0, 0.1) is 0 Å². The molecule has 1 aromatic rings. The third kappa shape index (κ3) is 4.64. The molecule has 148 valence electrons. The van der Waals surface area contributed by atoms with E-state index in [9.17, 15) is 4.79 Å². The number of carbonyl (C=O) groups is 1. The minimum atomic E-state index is -0.479. The first-order valence-corrected chi connectivity index (χ1v) is 9.44. The van der Waals surface area contributed by atoms with Crippen LogP contribution in [0.1, 0.15) is 45.2 Å². The summed E-state index contributed by atoms with van der Waals surface area (Å²) in [5, 5.41) is 4.07. The third-order valence-electron chi connectivity index (χ3n) is 4.79. The number of likely N-dealkylation sites (tertiary alicyclic amines) is 1.